The molecule has 1 fully saturated rings. The molecule has 2 heterocycles. The molecule has 1 aliphatic carbocycles. The lowest BCUT2D eigenvalue weighted by molar-refractivity contribution is 0.0890. The van der Waals surface area contributed by atoms with Gasteiger partial charge in [-0.3, -0.25) is 14.8 Å². The Balaban J connectivity index is 1.25. The van der Waals surface area contributed by atoms with Crippen molar-refractivity contribution in [2.75, 3.05) is 0 Å². The highest BCUT2D eigenvalue weighted by atomic mass is 16.5. The number of hydrogen-bond donors (Lipinski definition) is 1. The summed E-state index contributed by atoms with van der Waals surface area (Å²) in [7, 11) is 0. The lowest BCUT2D eigenvalue weighted by Crippen LogP contribution is -2.39. The van der Waals surface area contributed by atoms with Crippen LogP contribution in [0.4, 0.5) is 0 Å². The number of aromatic nitrogens is 3. The van der Waals surface area contributed by atoms with Crippen molar-refractivity contribution in [1.82, 2.24) is 20.3 Å². The first-order valence-corrected chi connectivity index (χ1v) is 9.68. The standard InChI is InChI=1S/C22H22N4O3/c27-22(16-3-7-18(8-4-16)28-20-2-1-11-23-14-20)26-17-5-9-19(10-6-17)29-21-15-24-12-13-25-21/h1-4,7-8,11-15,17,19H,5-6,9-10H2,(H,26,27). The van der Waals surface area contributed by atoms with Crippen molar-refractivity contribution in [2.24, 2.45) is 0 Å². The van der Waals surface area contributed by atoms with Crippen molar-refractivity contribution in [3.05, 3.63) is 72.9 Å². The molecule has 1 N–H and O–H groups in total. The highest BCUT2D eigenvalue weighted by Gasteiger charge is 2.24. The van der Waals surface area contributed by atoms with Gasteiger partial charge >= 0.3 is 0 Å². The van der Waals surface area contributed by atoms with Crippen molar-refractivity contribution in [1.29, 1.82) is 0 Å². The number of rotatable bonds is 6. The maximum absolute atomic E-state index is 12.5. The molecule has 7 nitrogen and oxygen atoms in total. The van der Waals surface area contributed by atoms with Crippen molar-refractivity contribution in [2.45, 2.75) is 37.8 Å². The Labute approximate surface area is 169 Å². The average molecular weight is 390 g/mol. The summed E-state index contributed by atoms with van der Waals surface area (Å²) in [5, 5.41) is 3.12. The SMILES string of the molecule is O=C(NC1CCC(Oc2cnccn2)CC1)c1ccc(Oc2cccnc2)cc1. The first-order valence-electron chi connectivity index (χ1n) is 9.68. The number of hydrogen-bond acceptors (Lipinski definition) is 6. The Morgan fingerprint density at radius 2 is 1.69 bits per heavy atom. The van der Waals surface area contributed by atoms with Crippen LogP contribution in [0.25, 0.3) is 0 Å². The molecule has 7 heteroatoms. The van der Waals surface area contributed by atoms with Crippen LogP contribution in [0.5, 0.6) is 17.4 Å². The van der Waals surface area contributed by atoms with E-state index >= 15 is 0 Å². The molecule has 2 aromatic heterocycles. The van der Waals surface area contributed by atoms with Crippen LogP contribution in [0, 0.1) is 0 Å². The van der Waals surface area contributed by atoms with Crippen molar-refractivity contribution >= 4 is 5.91 Å². The smallest absolute Gasteiger partial charge is 0.251 e. The molecule has 29 heavy (non-hydrogen) atoms. The highest BCUT2D eigenvalue weighted by Crippen LogP contribution is 2.24. The second kappa shape index (κ2) is 9.14. The fourth-order valence-corrected chi connectivity index (χ4v) is 3.33. The molecule has 3 aromatic rings. The Morgan fingerprint density at radius 1 is 0.897 bits per heavy atom. The van der Waals surface area contributed by atoms with Crippen molar-refractivity contribution in [3.8, 4) is 17.4 Å². The number of carbonyl (C=O) groups excluding carboxylic acids is 1. The first kappa shape index (κ1) is 18.9. The third-order valence-electron chi connectivity index (χ3n) is 4.82. The van der Waals surface area contributed by atoms with Crippen LogP contribution in [0.1, 0.15) is 36.0 Å². The predicted octanol–water partition coefficient (Wildman–Crippen LogP) is 3.78. The van der Waals surface area contributed by atoms with Gasteiger partial charge in [0, 0.05) is 30.2 Å². The minimum absolute atomic E-state index is 0.0729. The molecule has 1 aliphatic rings. The fourth-order valence-electron chi connectivity index (χ4n) is 3.33. The summed E-state index contributed by atoms with van der Waals surface area (Å²) in [5.41, 5.74) is 0.612. The number of ether oxygens (including phenoxy) is 2. The zero-order valence-corrected chi connectivity index (χ0v) is 15.9. The van der Waals surface area contributed by atoms with Gasteiger partial charge in [-0.05, 0) is 62.1 Å². The zero-order valence-electron chi connectivity index (χ0n) is 15.9. The molecule has 0 bridgehead atoms. The third kappa shape index (κ3) is 5.28. The van der Waals surface area contributed by atoms with E-state index in [1.165, 1.54) is 0 Å². The first-order chi connectivity index (χ1) is 14.3. The number of carbonyl (C=O) groups is 1. The molecule has 0 aliphatic heterocycles. The largest absolute Gasteiger partial charge is 0.473 e. The molecule has 0 spiro atoms. The van der Waals surface area contributed by atoms with E-state index in [0.717, 1.165) is 25.7 Å². The maximum atomic E-state index is 12.5. The third-order valence-corrected chi connectivity index (χ3v) is 4.82. The van der Waals surface area contributed by atoms with Gasteiger partial charge < -0.3 is 14.8 Å². The lowest BCUT2D eigenvalue weighted by Gasteiger charge is -2.29. The molecule has 0 saturated heterocycles. The van der Waals surface area contributed by atoms with E-state index in [0.29, 0.717) is 22.9 Å². The van der Waals surface area contributed by atoms with Gasteiger partial charge in [0.15, 0.2) is 0 Å². The quantitative estimate of drug-likeness (QED) is 0.689. The van der Waals surface area contributed by atoms with Gasteiger partial charge in [0.05, 0.1) is 12.4 Å². The van der Waals surface area contributed by atoms with Crippen LogP contribution < -0.4 is 14.8 Å². The lowest BCUT2D eigenvalue weighted by atomic mass is 9.92. The number of benzene rings is 1. The Bertz CT molecular complexity index is 912. The van der Waals surface area contributed by atoms with E-state index < -0.39 is 0 Å². The predicted molar refractivity (Wildman–Crippen MR) is 107 cm³/mol. The van der Waals surface area contributed by atoms with Gasteiger partial charge in [0.25, 0.3) is 5.91 Å². The summed E-state index contributed by atoms with van der Waals surface area (Å²) in [6, 6.07) is 10.9. The minimum atomic E-state index is -0.0729. The second-order valence-corrected chi connectivity index (χ2v) is 6.92. The zero-order chi connectivity index (χ0) is 19.9. The van der Waals surface area contributed by atoms with E-state index in [-0.39, 0.29) is 18.1 Å². The van der Waals surface area contributed by atoms with Crippen molar-refractivity contribution in [3.63, 3.8) is 0 Å². The molecule has 0 unspecified atom stereocenters. The number of amides is 1. The normalized spacial score (nSPS) is 18.6. The Kier molecular flexibility index (Phi) is 5.95. The number of nitrogens with one attached hydrogen (secondary N) is 1. The summed E-state index contributed by atoms with van der Waals surface area (Å²) >= 11 is 0. The van der Waals surface area contributed by atoms with Gasteiger partial charge in [0.1, 0.15) is 17.6 Å². The maximum Gasteiger partial charge on any atom is 0.251 e. The summed E-state index contributed by atoms with van der Waals surface area (Å²) in [6.45, 7) is 0. The van der Waals surface area contributed by atoms with Crippen LogP contribution in [0.3, 0.4) is 0 Å². The second-order valence-electron chi connectivity index (χ2n) is 6.92. The van der Waals surface area contributed by atoms with Gasteiger partial charge in [-0.25, -0.2) is 4.98 Å². The summed E-state index contributed by atoms with van der Waals surface area (Å²) in [6.07, 6.45) is 11.8. The summed E-state index contributed by atoms with van der Waals surface area (Å²) < 4.78 is 11.6. The molecular weight excluding hydrogens is 368 g/mol. The molecule has 0 atom stereocenters. The van der Waals surface area contributed by atoms with Gasteiger partial charge in [-0.1, -0.05) is 0 Å². The van der Waals surface area contributed by atoms with Crippen LogP contribution >= 0.6 is 0 Å². The Hall–Kier alpha value is -3.48. The Morgan fingerprint density at radius 3 is 2.38 bits per heavy atom. The molecule has 4 rings (SSSR count). The van der Waals surface area contributed by atoms with Gasteiger partial charge in [-0.2, -0.15) is 0 Å². The highest BCUT2D eigenvalue weighted by molar-refractivity contribution is 5.94. The minimum Gasteiger partial charge on any atom is -0.473 e. The molecule has 1 aromatic carbocycles. The monoisotopic (exact) mass is 390 g/mol. The van der Waals surface area contributed by atoms with Gasteiger partial charge in [-0.15, -0.1) is 0 Å². The van der Waals surface area contributed by atoms with Crippen LogP contribution in [-0.4, -0.2) is 33.0 Å². The summed E-state index contributed by atoms with van der Waals surface area (Å²) in [4.78, 5) is 24.7. The average Bonchev–Trinajstić information content (AvgIpc) is 2.77. The van der Waals surface area contributed by atoms with E-state index in [1.54, 1.807) is 55.2 Å². The number of nitrogens with zero attached hydrogens (tertiary/aromatic N) is 3. The van der Waals surface area contributed by atoms with Crippen LogP contribution in [-0.2, 0) is 0 Å². The molecule has 148 valence electrons. The molecule has 1 saturated carbocycles. The van der Waals surface area contributed by atoms with E-state index in [4.69, 9.17) is 9.47 Å². The van der Waals surface area contributed by atoms with Gasteiger partial charge in [0.2, 0.25) is 5.88 Å². The molecule has 1 amide bonds. The molecular formula is C22H22N4O3. The fraction of sp³-hybridized carbons (Fsp3) is 0.273. The van der Waals surface area contributed by atoms with Crippen LogP contribution in [0.2, 0.25) is 0 Å². The van der Waals surface area contributed by atoms with Crippen molar-refractivity contribution < 1.29 is 14.3 Å². The summed E-state index contributed by atoms with van der Waals surface area (Å²) in [5.74, 6) is 1.80. The molecule has 0 radical (unpaired) electrons. The number of pyridine rings is 1. The van der Waals surface area contributed by atoms with E-state index in [2.05, 4.69) is 20.3 Å². The van der Waals surface area contributed by atoms with E-state index in [9.17, 15) is 4.79 Å². The topological polar surface area (TPSA) is 86.2 Å². The van der Waals surface area contributed by atoms with E-state index in [1.807, 2.05) is 12.1 Å². The van der Waals surface area contributed by atoms with Crippen LogP contribution in [0.15, 0.2) is 67.4 Å².